The van der Waals surface area contributed by atoms with E-state index in [1.54, 1.807) is 7.05 Å². The summed E-state index contributed by atoms with van der Waals surface area (Å²) in [6.07, 6.45) is 2.39. The van der Waals surface area contributed by atoms with Crippen molar-refractivity contribution in [2.45, 2.75) is 19.8 Å². The van der Waals surface area contributed by atoms with E-state index in [9.17, 15) is 13.2 Å². The number of quaternary nitrogens is 1. The molecule has 6 nitrogen and oxygen atoms in total. The zero-order valence-corrected chi connectivity index (χ0v) is 12.1. The maximum absolute atomic E-state index is 11.6. The summed E-state index contributed by atoms with van der Waals surface area (Å²) in [6.45, 7) is 6.60. The van der Waals surface area contributed by atoms with Gasteiger partial charge in [0.15, 0.2) is 0 Å². The van der Waals surface area contributed by atoms with Crippen LogP contribution >= 0.6 is 0 Å². The normalized spacial score (nSPS) is 14.9. The van der Waals surface area contributed by atoms with Gasteiger partial charge in [0.25, 0.3) is 16.0 Å². The fourth-order valence-corrected chi connectivity index (χ4v) is 2.35. The Kier molecular flexibility index (Phi) is 6.51. The van der Waals surface area contributed by atoms with Crippen LogP contribution in [0.3, 0.4) is 0 Å². The second-order valence-electron chi connectivity index (χ2n) is 4.49. The molecule has 7 heteroatoms. The van der Waals surface area contributed by atoms with E-state index in [-0.39, 0.29) is 11.7 Å². The standard InChI is InChI=1S/C11H22N2O4S/c1-5-8-13(4,12(3)11(14)6-2)9-7-10-18(15,16)17/h6H,2,5,7-10H2,1,3-4H3/p+1. The van der Waals surface area contributed by atoms with Gasteiger partial charge >= 0.3 is 0 Å². The van der Waals surface area contributed by atoms with Crippen LogP contribution in [0, 0.1) is 0 Å². The molecule has 0 aliphatic carbocycles. The van der Waals surface area contributed by atoms with Crippen LogP contribution in [0.25, 0.3) is 0 Å². The van der Waals surface area contributed by atoms with Gasteiger partial charge in [0.05, 0.1) is 19.8 Å². The highest BCUT2D eigenvalue weighted by Crippen LogP contribution is 2.11. The quantitative estimate of drug-likeness (QED) is 0.307. The molecule has 0 aromatic carbocycles. The summed E-state index contributed by atoms with van der Waals surface area (Å²) in [7, 11) is -0.431. The van der Waals surface area contributed by atoms with Gasteiger partial charge in [-0.2, -0.15) is 13.4 Å². The van der Waals surface area contributed by atoms with E-state index in [0.717, 1.165) is 6.42 Å². The molecule has 0 fully saturated rings. The van der Waals surface area contributed by atoms with Gasteiger partial charge in [-0.25, -0.2) is 4.59 Å². The van der Waals surface area contributed by atoms with Crippen molar-refractivity contribution in [3.05, 3.63) is 12.7 Å². The molecule has 0 spiro atoms. The summed E-state index contributed by atoms with van der Waals surface area (Å²) >= 11 is 0. The maximum Gasteiger partial charge on any atom is 0.290 e. The third-order valence-corrected chi connectivity index (χ3v) is 3.77. The van der Waals surface area contributed by atoms with Crippen LogP contribution in [0.4, 0.5) is 0 Å². The minimum Gasteiger partial charge on any atom is -0.286 e. The third-order valence-electron chi connectivity index (χ3n) is 2.97. The van der Waals surface area contributed by atoms with Gasteiger partial charge in [-0.3, -0.25) is 9.35 Å². The summed E-state index contributed by atoms with van der Waals surface area (Å²) in [4.78, 5) is 11.6. The summed E-state index contributed by atoms with van der Waals surface area (Å²) in [6, 6.07) is 0. The number of amides is 1. The highest BCUT2D eigenvalue weighted by molar-refractivity contribution is 7.85. The van der Waals surface area contributed by atoms with E-state index in [4.69, 9.17) is 4.55 Å². The van der Waals surface area contributed by atoms with Gasteiger partial charge in [-0.1, -0.05) is 13.5 Å². The van der Waals surface area contributed by atoms with Gasteiger partial charge in [0.2, 0.25) is 0 Å². The first-order chi connectivity index (χ1) is 8.16. The van der Waals surface area contributed by atoms with Gasteiger partial charge in [0.1, 0.15) is 13.1 Å². The van der Waals surface area contributed by atoms with Crippen molar-refractivity contribution in [3.8, 4) is 0 Å². The van der Waals surface area contributed by atoms with E-state index in [1.807, 2.05) is 14.0 Å². The fourth-order valence-electron chi connectivity index (χ4n) is 1.85. The molecule has 1 N–H and O–H groups in total. The van der Waals surface area contributed by atoms with E-state index < -0.39 is 10.1 Å². The lowest BCUT2D eigenvalue weighted by Gasteiger charge is -2.40. The minimum atomic E-state index is -3.95. The van der Waals surface area contributed by atoms with Crippen LogP contribution in [0.1, 0.15) is 19.8 Å². The predicted octanol–water partition coefficient (Wildman–Crippen LogP) is 0.680. The van der Waals surface area contributed by atoms with E-state index >= 15 is 0 Å². The zero-order chi connectivity index (χ0) is 14.4. The molecular weight excluding hydrogens is 256 g/mol. The average molecular weight is 279 g/mol. The highest BCUT2D eigenvalue weighted by atomic mass is 32.2. The summed E-state index contributed by atoms with van der Waals surface area (Å²) in [5.41, 5.74) is 0. The molecule has 1 atom stereocenters. The van der Waals surface area contributed by atoms with Crippen molar-refractivity contribution >= 4 is 16.0 Å². The zero-order valence-electron chi connectivity index (χ0n) is 11.3. The first kappa shape index (κ1) is 17.1. The molecule has 1 amide bonds. The van der Waals surface area contributed by atoms with Gasteiger partial charge < -0.3 is 0 Å². The number of hydrogen-bond donors (Lipinski definition) is 1. The lowest BCUT2D eigenvalue weighted by molar-refractivity contribution is -1.00. The molecule has 0 aliphatic rings. The molecule has 0 radical (unpaired) electrons. The van der Waals surface area contributed by atoms with Crippen molar-refractivity contribution in [2.75, 3.05) is 32.9 Å². The lowest BCUT2D eigenvalue weighted by atomic mass is 10.3. The van der Waals surface area contributed by atoms with Gasteiger partial charge in [0, 0.05) is 12.5 Å². The topological polar surface area (TPSA) is 74.7 Å². The largest absolute Gasteiger partial charge is 0.290 e. The number of carbonyl (C=O) groups excluding carboxylic acids is 1. The number of rotatable bonds is 8. The molecule has 0 saturated heterocycles. The summed E-state index contributed by atoms with van der Waals surface area (Å²) in [5, 5.41) is 1.53. The predicted molar refractivity (Wildman–Crippen MR) is 70.2 cm³/mol. The molecule has 1 unspecified atom stereocenters. The first-order valence-electron chi connectivity index (χ1n) is 5.86. The number of carbonyl (C=O) groups is 1. The van der Waals surface area contributed by atoms with Crippen molar-refractivity contribution in [1.82, 2.24) is 5.01 Å². The molecule has 0 aromatic rings. The SMILES string of the molecule is C=CC(=O)N(C)[N+](C)(CCC)CCCS(=O)(=O)O. The monoisotopic (exact) mass is 279 g/mol. The maximum atomic E-state index is 11.6. The molecular formula is C11H23N2O4S+. The van der Waals surface area contributed by atoms with Crippen LogP contribution in [0.5, 0.6) is 0 Å². The van der Waals surface area contributed by atoms with Crippen LogP contribution < -0.4 is 0 Å². The Morgan fingerprint density at radius 2 is 2.00 bits per heavy atom. The molecule has 0 bridgehead atoms. The fraction of sp³-hybridized carbons (Fsp3) is 0.727. The molecule has 106 valence electrons. The van der Waals surface area contributed by atoms with E-state index in [2.05, 4.69) is 6.58 Å². The van der Waals surface area contributed by atoms with Crippen LogP contribution in [0.2, 0.25) is 0 Å². The lowest BCUT2D eigenvalue weighted by Crippen LogP contribution is -2.58. The van der Waals surface area contributed by atoms with Crippen molar-refractivity contribution in [1.29, 1.82) is 0 Å². The van der Waals surface area contributed by atoms with Crippen molar-refractivity contribution in [2.24, 2.45) is 0 Å². The Labute approximate surface area is 109 Å². The molecule has 0 saturated carbocycles. The Morgan fingerprint density at radius 3 is 2.39 bits per heavy atom. The number of nitrogens with zero attached hydrogens (tertiary/aromatic N) is 2. The Morgan fingerprint density at radius 1 is 1.44 bits per heavy atom. The third kappa shape index (κ3) is 5.61. The summed E-state index contributed by atoms with van der Waals surface area (Å²) < 4.78 is 30.4. The van der Waals surface area contributed by atoms with Gasteiger partial charge in [-0.15, -0.1) is 0 Å². The van der Waals surface area contributed by atoms with Crippen molar-refractivity contribution in [3.63, 3.8) is 0 Å². The number of hydrogen-bond acceptors (Lipinski definition) is 3. The second-order valence-corrected chi connectivity index (χ2v) is 6.06. The number of likely N-dealkylation sites (N-methyl/N-ethyl adjacent to an activating group) is 1. The molecule has 0 aromatic heterocycles. The van der Waals surface area contributed by atoms with E-state index in [0.29, 0.717) is 24.1 Å². The highest BCUT2D eigenvalue weighted by Gasteiger charge is 2.29. The molecule has 0 heterocycles. The average Bonchev–Trinajstić information content (AvgIpc) is 2.25. The minimum absolute atomic E-state index is 0.210. The Balaban J connectivity index is 4.71. The van der Waals surface area contributed by atoms with Gasteiger partial charge in [-0.05, 0) is 6.42 Å². The van der Waals surface area contributed by atoms with Crippen LogP contribution in [-0.4, -0.2) is 61.4 Å². The van der Waals surface area contributed by atoms with Crippen LogP contribution in [0.15, 0.2) is 12.7 Å². The van der Waals surface area contributed by atoms with Crippen LogP contribution in [-0.2, 0) is 14.9 Å². The molecule has 18 heavy (non-hydrogen) atoms. The second kappa shape index (κ2) is 6.86. The summed E-state index contributed by atoms with van der Waals surface area (Å²) in [5.74, 6) is -0.501. The van der Waals surface area contributed by atoms with E-state index in [1.165, 1.54) is 11.1 Å². The molecule has 0 aliphatic heterocycles. The van der Waals surface area contributed by atoms with Crippen molar-refractivity contribution < 1.29 is 22.4 Å². The first-order valence-corrected chi connectivity index (χ1v) is 7.47. The Bertz CT molecular complexity index is 394. The molecule has 0 rings (SSSR count). The Hall–Kier alpha value is -0.920. The smallest absolute Gasteiger partial charge is 0.286 e.